The Kier molecular flexibility index (Phi) is 5.10. The summed E-state index contributed by atoms with van der Waals surface area (Å²) in [6.45, 7) is 4.34. The summed E-state index contributed by atoms with van der Waals surface area (Å²) in [7, 11) is 0. The molecular weight excluding hydrogens is 344 g/mol. The third-order valence-electron chi connectivity index (χ3n) is 4.22. The van der Waals surface area contributed by atoms with Crippen molar-refractivity contribution in [3.63, 3.8) is 0 Å². The van der Waals surface area contributed by atoms with Crippen molar-refractivity contribution in [2.45, 2.75) is 26.9 Å². The van der Waals surface area contributed by atoms with Gasteiger partial charge in [-0.3, -0.25) is 4.40 Å². The zero-order valence-electron chi connectivity index (χ0n) is 14.7. The highest BCUT2D eigenvalue weighted by molar-refractivity contribution is 7.80. The number of imidazole rings is 1. The Balaban J connectivity index is 1.93. The number of nitrogens with zero attached hydrogens (tertiary/aromatic N) is 2. The fraction of sp³-hybridized carbons (Fsp3) is 0.200. The number of ether oxygens (including phenoxy) is 1. The highest BCUT2D eigenvalue weighted by Crippen LogP contribution is 2.26. The van der Waals surface area contributed by atoms with Crippen LogP contribution in [-0.4, -0.2) is 14.5 Å². The molecule has 2 aromatic heterocycles. The zero-order chi connectivity index (χ0) is 18.7. The summed E-state index contributed by atoms with van der Waals surface area (Å²) in [4.78, 5) is 4.62. The molecule has 0 atom stereocenters. The van der Waals surface area contributed by atoms with Crippen LogP contribution >= 0.6 is 12.2 Å². The second-order valence-electron chi connectivity index (χ2n) is 5.97. The standard InChI is InChI=1S/C20H20N4OS/c1-4-7-17-14(3)22-19-18(10-6-11-24(17)19)25-12-15-13(2)8-5-9-16(15)23-20(21)26/h1,5-6,8-11H,7,12H2,2-3H3,(H3,21,23,26). The second-order valence-corrected chi connectivity index (χ2v) is 6.41. The van der Waals surface area contributed by atoms with Crippen LogP contribution in [0.1, 0.15) is 22.5 Å². The lowest BCUT2D eigenvalue weighted by atomic mass is 10.1. The first kappa shape index (κ1) is 17.8. The summed E-state index contributed by atoms with van der Waals surface area (Å²) in [5.74, 6) is 3.38. The number of rotatable bonds is 5. The molecule has 0 aliphatic carbocycles. The molecule has 0 fully saturated rings. The lowest BCUT2D eigenvalue weighted by Gasteiger charge is -2.15. The Hall–Kier alpha value is -3.04. The molecule has 0 aliphatic rings. The number of nitrogens with two attached hydrogens (primary N) is 1. The lowest BCUT2D eigenvalue weighted by molar-refractivity contribution is 0.308. The van der Waals surface area contributed by atoms with E-state index in [0.717, 1.165) is 33.8 Å². The Morgan fingerprint density at radius 2 is 2.15 bits per heavy atom. The van der Waals surface area contributed by atoms with E-state index in [1.807, 2.05) is 54.8 Å². The molecule has 3 aromatic rings. The maximum atomic E-state index is 6.10. The van der Waals surface area contributed by atoms with Crippen LogP contribution in [0.15, 0.2) is 36.5 Å². The number of hydrogen-bond acceptors (Lipinski definition) is 3. The fourth-order valence-corrected chi connectivity index (χ4v) is 3.03. The maximum absolute atomic E-state index is 6.10. The van der Waals surface area contributed by atoms with Crippen molar-refractivity contribution < 1.29 is 4.74 Å². The van der Waals surface area contributed by atoms with Crippen LogP contribution in [0.2, 0.25) is 0 Å². The average Bonchev–Trinajstić information content (AvgIpc) is 2.91. The molecule has 0 radical (unpaired) electrons. The zero-order valence-corrected chi connectivity index (χ0v) is 15.6. The molecule has 2 heterocycles. The average molecular weight is 364 g/mol. The normalized spacial score (nSPS) is 10.5. The van der Waals surface area contributed by atoms with Gasteiger partial charge in [0.15, 0.2) is 16.5 Å². The van der Waals surface area contributed by atoms with Gasteiger partial charge in [-0.05, 0) is 49.8 Å². The molecule has 132 valence electrons. The molecular formula is C20H20N4OS. The molecule has 0 unspecified atom stereocenters. The number of nitrogens with one attached hydrogen (secondary N) is 1. The van der Waals surface area contributed by atoms with E-state index in [4.69, 9.17) is 29.1 Å². The number of thiocarbonyl (C=S) groups is 1. The fourth-order valence-electron chi connectivity index (χ4n) is 2.92. The van der Waals surface area contributed by atoms with Gasteiger partial charge in [0.05, 0.1) is 17.8 Å². The first-order valence-electron chi connectivity index (χ1n) is 8.19. The van der Waals surface area contributed by atoms with Crippen molar-refractivity contribution in [1.29, 1.82) is 0 Å². The SMILES string of the molecule is C#CCc1c(C)nc2c(OCc3c(C)cccc3NC(N)=S)cccn12. The Morgan fingerprint density at radius 3 is 2.88 bits per heavy atom. The van der Waals surface area contributed by atoms with Gasteiger partial charge in [0.2, 0.25) is 0 Å². The highest BCUT2D eigenvalue weighted by atomic mass is 32.1. The van der Waals surface area contributed by atoms with Crippen molar-refractivity contribution in [3.8, 4) is 18.1 Å². The Bertz CT molecular complexity index is 1020. The van der Waals surface area contributed by atoms with E-state index in [0.29, 0.717) is 18.8 Å². The van der Waals surface area contributed by atoms with Crippen LogP contribution in [0.5, 0.6) is 5.75 Å². The van der Waals surface area contributed by atoms with Crippen molar-refractivity contribution in [2.24, 2.45) is 5.73 Å². The molecule has 3 N–H and O–H groups in total. The van der Waals surface area contributed by atoms with Crippen LogP contribution in [0.4, 0.5) is 5.69 Å². The third-order valence-corrected chi connectivity index (χ3v) is 4.33. The van der Waals surface area contributed by atoms with E-state index < -0.39 is 0 Å². The number of fused-ring (bicyclic) bond motifs is 1. The summed E-state index contributed by atoms with van der Waals surface area (Å²) in [6, 6.07) is 9.73. The van der Waals surface area contributed by atoms with Gasteiger partial charge in [-0.2, -0.15) is 0 Å². The second kappa shape index (κ2) is 7.46. The predicted octanol–water partition coefficient (Wildman–Crippen LogP) is 3.36. The molecule has 1 aromatic carbocycles. The van der Waals surface area contributed by atoms with Crippen LogP contribution in [0.25, 0.3) is 5.65 Å². The number of aromatic nitrogens is 2. The van der Waals surface area contributed by atoms with Crippen LogP contribution in [-0.2, 0) is 13.0 Å². The largest absolute Gasteiger partial charge is 0.485 e. The molecule has 0 saturated heterocycles. The molecule has 3 rings (SSSR count). The summed E-state index contributed by atoms with van der Waals surface area (Å²) >= 11 is 4.96. The van der Waals surface area contributed by atoms with E-state index in [2.05, 4.69) is 16.2 Å². The summed E-state index contributed by atoms with van der Waals surface area (Å²) < 4.78 is 8.08. The third kappa shape index (κ3) is 3.48. The molecule has 0 bridgehead atoms. The van der Waals surface area contributed by atoms with Crippen molar-refractivity contribution in [3.05, 3.63) is 59.0 Å². The lowest BCUT2D eigenvalue weighted by Crippen LogP contribution is -2.20. The maximum Gasteiger partial charge on any atom is 0.180 e. The smallest absolute Gasteiger partial charge is 0.180 e. The van der Waals surface area contributed by atoms with Crippen molar-refractivity contribution in [1.82, 2.24) is 9.38 Å². The summed E-state index contributed by atoms with van der Waals surface area (Å²) in [5, 5.41) is 3.23. The number of benzene rings is 1. The molecule has 0 amide bonds. The number of anilines is 1. The quantitative estimate of drug-likeness (QED) is 0.537. The first-order valence-corrected chi connectivity index (χ1v) is 8.60. The van der Waals surface area contributed by atoms with E-state index in [1.54, 1.807) is 0 Å². The van der Waals surface area contributed by atoms with Gasteiger partial charge in [-0.15, -0.1) is 12.3 Å². The molecule has 5 nitrogen and oxygen atoms in total. The molecule has 0 saturated carbocycles. The minimum atomic E-state index is 0.224. The van der Waals surface area contributed by atoms with Gasteiger partial charge in [-0.25, -0.2) is 4.98 Å². The van der Waals surface area contributed by atoms with Gasteiger partial charge in [0.25, 0.3) is 0 Å². The predicted molar refractivity (Wildman–Crippen MR) is 108 cm³/mol. The Labute approximate surface area is 158 Å². The number of aryl methyl sites for hydroxylation is 2. The van der Waals surface area contributed by atoms with Crippen molar-refractivity contribution >= 4 is 28.7 Å². The topological polar surface area (TPSA) is 64.6 Å². The van der Waals surface area contributed by atoms with Gasteiger partial charge in [0, 0.05) is 17.4 Å². The highest BCUT2D eigenvalue weighted by Gasteiger charge is 2.13. The summed E-state index contributed by atoms with van der Waals surface area (Å²) in [5.41, 5.74) is 11.2. The van der Waals surface area contributed by atoms with E-state index >= 15 is 0 Å². The molecule has 26 heavy (non-hydrogen) atoms. The molecule has 0 aliphatic heterocycles. The number of hydrogen-bond donors (Lipinski definition) is 2. The number of terminal acetylenes is 1. The van der Waals surface area contributed by atoms with Gasteiger partial charge < -0.3 is 15.8 Å². The molecule has 0 spiro atoms. The van der Waals surface area contributed by atoms with Crippen LogP contribution < -0.4 is 15.8 Å². The van der Waals surface area contributed by atoms with Gasteiger partial charge >= 0.3 is 0 Å². The first-order chi connectivity index (χ1) is 12.5. The van der Waals surface area contributed by atoms with E-state index in [1.165, 1.54) is 0 Å². The van der Waals surface area contributed by atoms with Crippen LogP contribution in [0, 0.1) is 26.2 Å². The molecule has 6 heteroatoms. The van der Waals surface area contributed by atoms with Gasteiger partial charge in [-0.1, -0.05) is 12.1 Å². The monoisotopic (exact) mass is 364 g/mol. The van der Waals surface area contributed by atoms with E-state index in [-0.39, 0.29) is 5.11 Å². The minimum absolute atomic E-state index is 0.224. The van der Waals surface area contributed by atoms with Crippen molar-refractivity contribution in [2.75, 3.05) is 5.32 Å². The summed E-state index contributed by atoms with van der Waals surface area (Å²) in [6.07, 6.45) is 7.95. The van der Waals surface area contributed by atoms with E-state index in [9.17, 15) is 0 Å². The Morgan fingerprint density at radius 1 is 1.35 bits per heavy atom. The van der Waals surface area contributed by atoms with Crippen LogP contribution in [0.3, 0.4) is 0 Å². The number of pyridine rings is 1. The van der Waals surface area contributed by atoms with Gasteiger partial charge in [0.1, 0.15) is 6.61 Å². The minimum Gasteiger partial charge on any atom is -0.485 e.